The molecular weight excluding hydrogens is 244 g/mol. The van der Waals surface area contributed by atoms with E-state index in [0.717, 1.165) is 17.3 Å². The molecule has 0 heterocycles. The highest BCUT2D eigenvalue weighted by Crippen LogP contribution is 2.09. The maximum absolute atomic E-state index is 10.4. The van der Waals surface area contributed by atoms with Crippen LogP contribution >= 0.6 is 15.9 Å². The maximum Gasteiger partial charge on any atom is 0.303 e. The minimum atomic E-state index is -0.740. The van der Waals surface area contributed by atoms with Crippen LogP contribution in [0.15, 0.2) is 24.3 Å². The van der Waals surface area contributed by atoms with Crippen molar-refractivity contribution < 1.29 is 9.90 Å². The topological polar surface area (TPSA) is 37.3 Å². The highest BCUT2D eigenvalue weighted by atomic mass is 79.9. The number of benzene rings is 1. The lowest BCUT2D eigenvalue weighted by molar-refractivity contribution is -0.136. The SMILES string of the molecule is O=C(O)CCc1cccc(CCBr)c1. The van der Waals surface area contributed by atoms with Crippen molar-refractivity contribution in [2.45, 2.75) is 19.3 Å². The molecule has 0 atom stereocenters. The Bertz CT molecular complexity index is 310. The Hall–Kier alpha value is -0.830. The molecular formula is C11H13BrO2. The lowest BCUT2D eigenvalue weighted by Gasteiger charge is -2.02. The van der Waals surface area contributed by atoms with Crippen molar-refractivity contribution in [1.82, 2.24) is 0 Å². The van der Waals surface area contributed by atoms with Crippen LogP contribution in [-0.2, 0) is 17.6 Å². The molecule has 0 aliphatic carbocycles. The highest BCUT2D eigenvalue weighted by molar-refractivity contribution is 9.09. The number of aryl methyl sites for hydroxylation is 2. The summed E-state index contributed by atoms with van der Waals surface area (Å²) < 4.78 is 0. The Morgan fingerprint density at radius 2 is 1.93 bits per heavy atom. The van der Waals surface area contributed by atoms with E-state index >= 15 is 0 Å². The molecule has 1 aromatic rings. The number of rotatable bonds is 5. The number of carboxylic acid groups (broad SMARTS) is 1. The fraction of sp³-hybridized carbons (Fsp3) is 0.364. The lowest BCUT2D eigenvalue weighted by Crippen LogP contribution is -1.98. The van der Waals surface area contributed by atoms with E-state index < -0.39 is 5.97 Å². The fourth-order valence-electron chi connectivity index (χ4n) is 1.30. The molecule has 0 spiro atoms. The monoisotopic (exact) mass is 256 g/mol. The van der Waals surface area contributed by atoms with Crippen LogP contribution in [0.4, 0.5) is 0 Å². The van der Waals surface area contributed by atoms with E-state index in [1.54, 1.807) is 0 Å². The van der Waals surface area contributed by atoms with Crippen molar-refractivity contribution in [2.24, 2.45) is 0 Å². The Kier molecular flexibility index (Phi) is 4.66. The fourth-order valence-corrected chi connectivity index (χ4v) is 1.76. The summed E-state index contributed by atoms with van der Waals surface area (Å²) in [5, 5.41) is 9.48. The zero-order chi connectivity index (χ0) is 10.4. The van der Waals surface area contributed by atoms with Crippen LogP contribution in [0.3, 0.4) is 0 Å². The molecule has 2 nitrogen and oxygen atoms in total. The van der Waals surface area contributed by atoms with Crippen LogP contribution in [0.5, 0.6) is 0 Å². The molecule has 1 rings (SSSR count). The van der Waals surface area contributed by atoms with Gasteiger partial charge in [0.2, 0.25) is 0 Å². The Morgan fingerprint density at radius 1 is 1.29 bits per heavy atom. The van der Waals surface area contributed by atoms with Gasteiger partial charge in [0.25, 0.3) is 0 Å². The number of hydrogen-bond donors (Lipinski definition) is 1. The second-order valence-electron chi connectivity index (χ2n) is 3.15. The summed E-state index contributed by atoms with van der Waals surface area (Å²) in [6, 6.07) is 8.09. The maximum atomic E-state index is 10.4. The van der Waals surface area contributed by atoms with Crippen molar-refractivity contribution in [3.8, 4) is 0 Å². The van der Waals surface area contributed by atoms with Crippen molar-refractivity contribution in [3.05, 3.63) is 35.4 Å². The van der Waals surface area contributed by atoms with Gasteiger partial charge in [-0.15, -0.1) is 0 Å². The summed E-state index contributed by atoms with van der Waals surface area (Å²) in [7, 11) is 0. The second kappa shape index (κ2) is 5.81. The van der Waals surface area contributed by atoms with E-state index in [2.05, 4.69) is 28.1 Å². The first-order chi connectivity index (χ1) is 6.72. The third kappa shape index (κ3) is 3.92. The highest BCUT2D eigenvalue weighted by Gasteiger charge is 1.99. The van der Waals surface area contributed by atoms with Gasteiger partial charge in [0, 0.05) is 11.8 Å². The number of aliphatic carboxylic acids is 1. The first-order valence-corrected chi connectivity index (χ1v) is 5.70. The van der Waals surface area contributed by atoms with Gasteiger partial charge in [-0.3, -0.25) is 4.79 Å². The largest absolute Gasteiger partial charge is 0.481 e. The van der Waals surface area contributed by atoms with Crippen LogP contribution in [-0.4, -0.2) is 16.4 Å². The van der Waals surface area contributed by atoms with E-state index in [1.807, 2.05) is 12.1 Å². The number of alkyl halides is 1. The molecule has 0 aliphatic rings. The van der Waals surface area contributed by atoms with Gasteiger partial charge in [0.05, 0.1) is 0 Å². The van der Waals surface area contributed by atoms with Crippen molar-refractivity contribution in [1.29, 1.82) is 0 Å². The predicted octanol–water partition coefficient (Wildman–Crippen LogP) is 2.64. The minimum absolute atomic E-state index is 0.206. The van der Waals surface area contributed by atoms with Crippen LogP contribution in [0, 0.1) is 0 Å². The van der Waals surface area contributed by atoms with Gasteiger partial charge in [-0.25, -0.2) is 0 Å². The zero-order valence-corrected chi connectivity index (χ0v) is 9.46. The molecule has 14 heavy (non-hydrogen) atoms. The van der Waals surface area contributed by atoms with Gasteiger partial charge < -0.3 is 5.11 Å². The average molecular weight is 257 g/mol. The molecule has 0 radical (unpaired) electrons. The van der Waals surface area contributed by atoms with Gasteiger partial charge in [-0.2, -0.15) is 0 Å². The van der Waals surface area contributed by atoms with Gasteiger partial charge >= 0.3 is 5.97 Å². The van der Waals surface area contributed by atoms with Crippen LogP contribution in [0.25, 0.3) is 0 Å². The third-order valence-corrected chi connectivity index (χ3v) is 2.40. The first-order valence-electron chi connectivity index (χ1n) is 4.58. The van der Waals surface area contributed by atoms with Crippen LogP contribution in [0.2, 0.25) is 0 Å². The summed E-state index contributed by atoms with van der Waals surface area (Å²) in [6.07, 6.45) is 1.81. The molecule has 0 unspecified atom stereocenters. The number of hydrogen-bond acceptors (Lipinski definition) is 1. The second-order valence-corrected chi connectivity index (χ2v) is 3.95. The summed E-state index contributed by atoms with van der Waals surface area (Å²) in [6.45, 7) is 0. The van der Waals surface area contributed by atoms with Gasteiger partial charge in [0.15, 0.2) is 0 Å². The molecule has 3 heteroatoms. The van der Waals surface area contributed by atoms with Crippen LogP contribution < -0.4 is 0 Å². The van der Waals surface area contributed by atoms with E-state index in [0.29, 0.717) is 6.42 Å². The molecule has 0 fully saturated rings. The summed E-state index contributed by atoms with van der Waals surface area (Å²) in [4.78, 5) is 10.4. The number of carboxylic acids is 1. The normalized spacial score (nSPS) is 10.1. The molecule has 0 amide bonds. The Balaban J connectivity index is 2.58. The quantitative estimate of drug-likeness (QED) is 0.823. The molecule has 0 aromatic heterocycles. The Morgan fingerprint density at radius 3 is 2.50 bits per heavy atom. The van der Waals surface area contributed by atoms with Gasteiger partial charge in [0.1, 0.15) is 0 Å². The molecule has 1 N–H and O–H groups in total. The smallest absolute Gasteiger partial charge is 0.303 e. The lowest BCUT2D eigenvalue weighted by atomic mass is 10.1. The zero-order valence-electron chi connectivity index (χ0n) is 7.87. The van der Waals surface area contributed by atoms with Crippen molar-refractivity contribution >= 4 is 21.9 Å². The average Bonchev–Trinajstić information content (AvgIpc) is 2.16. The molecule has 0 saturated heterocycles. The number of carbonyl (C=O) groups is 1. The molecule has 1 aromatic carbocycles. The van der Waals surface area contributed by atoms with Crippen LogP contribution in [0.1, 0.15) is 17.5 Å². The van der Waals surface area contributed by atoms with Gasteiger partial charge in [-0.05, 0) is 24.0 Å². The Labute approximate surface area is 92.1 Å². The predicted molar refractivity (Wildman–Crippen MR) is 59.9 cm³/mol. The van der Waals surface area contributed by atoms with Gasteiger partial charge in [-0.1, -0.05) is 40.2 Å². The molecule has 0 saturated carbocycles. The minimum Gasteiger partial charge on any atom is -0.481 e. The van der Waals surface area contributed by atoms with E-state index in [-0.39, 0.29) is 6.42 Å². The standard InChI is InChI=1S/C11H13BrO2/c12-7-6-10-3-1-2-9(8-10)4-5-11(13)14/h1-3,8H,4-7H2,(H,13,14). The first kappa shape index (κ1) is 11.2. The summed E-state index contributed by atoms with van der Waals surface area (Å²) >= 11 is 3.38. The van der Waals surface area contributed by atoms with E-state index in [9.17, 15) is 4.79 Å². The van der Waals surface area contributed by atoms with Crippen molar-refractivity contribution in [3.63, 3.8) is 0 Å². The van der Waals surface area contributed by atoms with E-state index in [4.69, 9.17) is 5.11 Å². The summed E-state index contributed by atoms with van der Waals surface area (Å²) in [5.74, 6) is -0.740. The molecule has 0 aliphatic heterocycles. The summed E-state index contributed by atoms with van der Waals surface area (Å²) in [5.41, 5.74) is 2.36. The van der Waals surface area contributed by atoms with E-state index in [1.165, 1.54) is 5.56 Å². The van der Waals surface area contributed by atoms with Crippen molar-refractivity contribution in [2.75, 3.05) is 5.33 Å². The third-order valence-electron chi connectivity index (χ3n) is 2.00. The molecule has 76 valence electrons. The number of halogens is 1. The molecule has 0 bridgehead atoms.